The lowest BCUT2D eigenvalue weighted by atomic mass is 10.1. The molecule has 0 bridgehead atoms. The number of imide groups is 1. The molecule has 122 valence electrons. The molecule has 0 aliphatic carbocycles. The van der Waals surface area contributed by atoms with Gasteiger partial charge in [0, 0.05) is 5.56 Å². The Morgan fingerprint density at radius 2 is 1.71 bits per heavy atom. The zero-order valence-corrected chi connectivity index (χ0v) is 12.6. The van der Waals surface area contributed by atoms with Crippen LogP contribution in [0, 0.1) is 5.82 Å². The van der Waals surface area contributed by atoms with Crippen molar-refractivity contribution in [2.45, 2.75) is 6.61 Å². The number of hydrogen-bond donors (Lipinski definition) is 0. The van der Waals surface area contributed by atoms with E-state index in [2.05, 4.69) is 4.74 Å². The molecule has 0 unspecified atom stereocenters. The number of benzene rings is 2. The van der Waals surface area contributed by atoms with Gasteiger partial charge in [-0.05, 0) is 30.3 Å². The van der Waals surface area contributed by atoms with Gasteiger partial charge in [0.15, 0.2) is 0 Å². The second kappa shape index (κ2) is 6.21. The molecular weight excluding hydrogens is 317 g/mol. The Labute approximate surface area is 136 Å². The molecule has 0 atom stereocenters. The molecule has 0 fully saturated rings. The minimum atomic E-state index is -0.628. The zero-order valence-electron chi connectivity index (χ0n) is 12.6. The summed E-state index contributed by atoms with van der Waals surface area (Å²) < 4.78 is 18.4. The number of nitrogens with zero attached hydrogens (tertiary/aromatic N) is 1. The molecule has 2 aromatic carbocycles. The molecule has 3 rings (SSSR count). The Morgan fingerprint density at radius 1 is 1.08 bits per heavy atom. The maximum absolute atomic E-state index is 13.8. The van der Waals surface area contributed by atoms with E-state index in [1.807, 2.05) is 0 Å². The summed E-state index contributed by atoms with van der Waals surface area (Å²) in [5, 5.41) is 0.592. The first-order chi connectivity index (χ1) is 11.5. The molecule has 2 aromatic rings. The second-order valence-corrected chi connectivity index (χ2v) is 5.02. The molecule has 0 spiro atoms. The van der Waals surface area contributed by atoms with Gasteiger partial charge in [0.05, 0.1) is 23.8 Å². The van der Waals surface area contributed by atoms with Crippen LogP contribution >= 0.6 is 0 Å². The molecule has 24 heavy (non-hydrogen) atoms. The Bertz CT molecular complexity index is 814. The van der Waals surface area contributed by atoms with E-state index in [-0.39, 0.29) is 28.9 Å². The van der Waals surface area contributed by atoms with Gasteiger partial charge in [-0.15, -0.1) is 5.06 Å². The predicted molar refractivity (Wildman–Crippen MR) is 79.5 cm³/mol. The van der Waals surface area contributed by atoms with Gasteiger partial charge in [0.2, 0.25) is 0 Å². The molecule has 1 aliphatic rings. The number of methoxy groups -OCH3 is 1. The summed E-state index contributed by atoms with van der Waals surface area (Å²) in [5.41, 5.74) is 0.617. The molecule has 0 N–H and O–H groups in total. The number of amides is 2. The topological polar surface area (TPSA) is 72.9 Å². The lowest BCUT2D eigenvalue weighted by Crippen LogP contribution is -2.29. The highest BCUT2D eigenvalue weighted by Gasteiger charge is 2.36. The van der Waals surface area contributed by atoms with Crippen LogP contribution in [-0.4, -0.2) is 30.0 Å². The van der Waals surface area contributed by atoms with Crippen LogP contribution < -0.4 is 0 Å². The quantitative estimate of drug-likeness (QED) is 0.636. The summed E-state index contributed by atoms with van der Waals surface area (Å²) in [4.78, 5) is 41.0. The van der Waals surface area contributed by atoms with Gasteiger partial charge in [-0.3, -0.25) is 14.4 Å². The largest absolute Gasteiger partial charge is 0.465 e. The van der Waals surface area contributed by atoms with E-state index in [9.17, 15) is 18.8 Å². The van der Waals surface area contributed by atoms with E-state index in [4.69, 9.17) is 4.84 Å². The van der Waals surface area contributed by atoms with E-state index in [1.165, 1.54) is 31.4 Å². The number of halogens is 1. The van der Waals surface area contributed by atoms with Crippen molar-refractivity contribution in [3.8, 4) is 0 Å². The number of esters is 1. The fraction of sp³-hybridized carbons (Fsp3) is 0.118. The normalized spacial score (nSPS) is 13.2. The average Bonchev–Trinajstić information content (AvgIpc) is 2.85. The van der Waals surface area contributed by atoms with Gasteiger partial charge in [-0.1, -0.05) is 12.1 Å². The molecule has 7 heteroatoms. The number of hydrogen-bond acceptors (Lipinski definition) is 5. The highest BCUT2D eigenvalue weighted by atomic mass is 19.1. The highest BCUT2D eigenvalue weighted by molar-refractivity contribution is 6.20. The van der Waals surface area contributed by atoms with Crippen LogP contribution in [0.1, 0.15) is 36.6 Å². The Morgan fingerprint density at radius 3 is 2.29 bits per heavy atom. The van der Waals surface area contributed by atoms with E-state index in [0.29, 0.717) is 5.06 Å². The summed E-state index contributed by atoms with van der Waals surface area (Å²) >= 11 is 0. The minimum absolute atomic E-state index is 0.0226. The number of hydroxylamine groups is 2. The van der Waals surface area contributed by atoms with Crippen molar-refractivity contribution in [3.05, 3.63) is 70.5 Å². The highest BCUT2D eigenvalue weighted by Crippen LogP contribution is 2.23. The fourth-order valence-corrected chi connectivity index (χ4v) is 2.35. The number of carbonyl (C=O) groups excluding carboxylic acids is 3. The lowest BCUT2D eigenvalue weighted by molar-refractivity contribution is -0.101. The third-order valence-electron chi connectivity index (χ3n) is 3.57. The monoisotopic (exact) mass is 329 g/mol. The molecule has 0 saturated heterocycles. The smallest absolute Gasteiger partial charge is 0.337 e. The van der Waals surface area contributed by atoms with Crippen LogP contribution in [0.3, 0.4) is 0 Å². The molecule has 6 nitrogen and oxygen atoms in total. The Kier molecular flexibility index (Phi) is 4.09. The summed E-state index contributed by atoms with van der Waals surface area (Å²) in [6, 6.07) is 9.90. The number of rotatable bonds is 4. The van der Waals surface area contributed by atoms with Crippen molar-refractivity contribution in [2.24, 2.45) is 0 Å². The third kappa shape index (κ3) is 2.65. The van der Waals surface area contributed by atoms with Crippen LogP contribution in [-0.2, 0) is 16.2 Å². The first-order valence-electron chi connectivity index (χ1n) is 7.00. The second-order valence-electron chi connectivity index (χ2n) is 5.02. The Balaban J connectivity index is 1.79. The molecule has 1 aliphatic heterocycles. The van der Waals surface area contributed by atoms with Gasteiger partial charge in [-0.2, -0.15) is 0 Å². The third-order valence-corrected chi connectivity index (χ3v) is 3.57. The maximum atomic E-state index is 13.8. The molecule has 2 amide bonds. The molecule has 0 saturated carbocycles. The van der Waals surface area contributed by atoms with Crippen molar-refractivity contribution in [3.63, 3.8) is 0 Å². The predicted octanol–water partition coefficient (Wildman–Crippen LogP) is 2.34. The molecular formula is C17H12FNO5. The van der Waals surface area contributed by atoms with Crippen LogP contribution in [0.2, 0.25) is 0 Å². The van der Waals surface area contributed by atoms with Crippen LogP contribution in [0.4, 0.5) is 4.39 Å². The van der Waals surface area contributed by atoms with Crippen LogP contribution in [0.5, 0.6) is 0 Å². The standard InChI is InChI=1S/C17H12FNO5/c1-23-17(22)10-6-7-14(18)11(8-10)9-24-19-15(20)12-4-2-3-5-13(12)16(19)21/h2-8H,9H2,1H3. The van der Waals surface area contributed by atoms with E-state index in [0.717, 1.165) is 6.07 Å². The number of carbonyl (C=O) groups is 3. The first kappa shape index (κ1) is 15.8. The van der Waals surface area contributed by atoms with Crippen molar-refractivity contribution >= 4 is 17.8 Å². The van der Waals surface area contributed by atoms with Crippen LogP contribution in [0.25, 0.3) is 0 Å². The van der Waals surface area contributed by atoms with E-state index >= 15 is 0 Å². The van der Waals surface area contributed by atoms with Gasteiger partial charge in [-0.25, -0.2) is 9.18 Å². The van der Waals surface area contributed by atoms with E-state index in [1.54, 1.807) is 12.1 Å². The lowest BCUT2D eigenvalue weighted by Gasteiger charge is -2.14. The van der Waals surface area contributed by atoms with Gasteiger partial charge < -0.3 is 4.74 Å². The average molecular weight is 329 g/mol. The van der Waals surface area contributed by atoms with Gasteiger partial charge >= 0.3 is 5.97 Å². The van der Waals surface area contributed by atoms with Gasteiger partial charge in [0.1, 0.15) is 12.4 Å². The SMILES string of the molecule is COC(=O)c1ccc(F)c(CON2C(=O)c3ccccc3C2=O)c1. The number of fused-ring (bicyclic) bond motifs is 1. The number of ether oxygens (including phenoxy) is 1. The summed E-state index contributed by atoms with van der Waals surface area (Å²) in [6.45, 7) is -0.387. The maximum Gasteiger partial charge on any atom is 0.337 e. The minimum Gasteiger partial charge on any atom is -0.465 e. The van der Waals surface area contributed by atoms with E-state index < -0.39 is 23.6 Å². The van der Waals surface area contributed by atoms with Crippen molar-refractivity contribution in [1.29, 1.82) is 0 Å². The molecule has 0 radical (unpaired) electrons. The summed E-state index contributed by atoms with van der Waals surface area (Å²) in [5.74, 6) is -2.48. The molecule has 0 aromatic heterocycles. The van der Waals surface area contributed by atoms with Crippen molar-refractivity contribution in [2.75, 3.05) is 7.11 Å². The molecule has 1 heterocycles. The van der Waals surface area contributed by atoms with Crippen molar-refractivity contribution < 1.29 is 28.3 Å². The fourth-order valence-electron chi connectivity index (χ4n) is 2.35. The van der Waals surface area contributed by atoms with Gasteiger partial charge in [0.25, 0.3) is 11.8 Å². The Hall–Kier alpha value is -3.06. The van der Waals surface area contributed by atoms with Crippen molar-refractivity contribution in [1.82, 2.24) is 5.06 Å². The summed E-state index contributed by atoms with van der Waals surface area (Å²) in [6.07, 6.45) is 0. The first-order valence-corrected chi connectivity index (χ1v) is 7.00. The zero-order chi connectivity index (χ0) is 17.3. The summed E-state index contributed by atoms with van der Waals surface area (Å²) in [7, 11) is 1.21. The van der Waals surface area contributed by atoms with Crippen LogP contribution in [0.15, 0.2) is 42.5 Å².